The fourth-order valence-electron chi connectivity index (χ4n) is 4.47. The van der Waals surface area contributed by atoms with E-state index >= 15 is 0 Å². The Morgan fingerprint density at radius 3 is 2.27 bits per heavy atom. The average Bonchev–Trinajstić information content (AvgIpc) is 3.41. The van der Waals surface area contributed by atoms with Gasteiger partial charge < -0.3 is 9.47 Å². The highest BCUT2D eigenvalue weighted by Crippen LogP contribution is 2.30. The quantitative estimate of drug-likeness (QED) is 0.702. The number of likely N-dealkylation sites (tertiary alicyclic amines) is 2. The molecule has 0 bridgehead atoms. The summed E-state index contributed by atoms with van der Waals surface area (Å²) >= 11 is 0. The first-order chi connectivity index (χ1) is 14.4. The second kappa shape index (κ2) is 8.84. The van der Waals surface area contributed by atoms with Crippen molar-refractivity contribution in [2.24, 2.45) is 5.92 Å². The molecule has 0 saturated carbocycles. The van der Waals surface area contributed by atoms with Crippen LogP contribution in [0.15, 0.2) is 42.7 Å². The number of rotatable bonds is 5. The molecule has 0 unspecified atom stereocenters. The molecule has 1 amide bonds. The van der Waals surface area contributed by atoms with Gasteiger partial charge in [0.2, 0.25) is 5.91 Å². The van der Waals surface area contributed by atoms with Crippen molar-refractivity contribution in [3.05, 3.63) is 53.9 Å². The van der Waals surface area contributed by atoms with Gasteiger partial charge in [0.1, 0.15) is 0 Å². The SMILES string of the molecule is O=C(CC1CCN(Cc2ccn(-c3ccc(C(F)(F)F)cc3)c2)CC1)N1CCCC1. The van der Waals surface area contributed by atoms with E-state index in [1.807, 2.05) is 27.9 Å². The zero-order chi connectivity index (χ0) is 21.1. The first-order valence-electron chi connectivity index (χ1n) is 10.7. The fourth-order valence-corrected chi connectivity index (χ4v) is 4.47. The number of halogens is 3. The van der Waals surface area contributed by atoms with Crippen LogP contribution in [0.5, 0.6) is 0 Å². The summed E-state index contributed by atoms with van der Waals surface area (Å²) in [5.41, 5.74) is 1.22. The molecule has 2 aliphatic heterocycles. The number of amides is 1. The number of piperidine rings is 1. The van der Waals surface area contributed by atoms with Crippen LogP contribution in [-0.2, 0) is 17.5 Å². The summed E-state index contributed by atoms with van der Waals surface area (Å²) in [6.45, 7) is 4.62. The molecule has 4 rings (SSSR count). The molecule has 3 heterocycles. The standard InChI is InChI=1S/C23H28F3N3O/c24-23(25,26)20-3-5-21(6-4-20)29-14-9-19(17-29)16-27-12-7-18(8-13-27)15-22(30)28-10-1-2-11-28/h3-6,9,14,17-18H,1-2,7-8,10-13,15-16H2. The van der Waals surface area contributed by atoms with Crippen molar-refractivity contribution >= 4 is 5.91 Å². The van der Waals surface area contributed by atoms with E-state index in [4.69, 9.17) is 0 Å². The molecule has 2 aliphatic rings. The number of nitrogens with zero attached hydrogens (tertiary/aromatic N) is 3. The minimum absolute atomic E-state index is 0.319. The second-order valence-corrected chi connectivity index (χ2v) is 8.48. The molecule has 1 aromatic carbocycles. The number of carbonyl (C=O) groups excluding carboxylic acids is 1. The van der Waals surface area contributed by atoms with E-state index in [2.05, 4.69) is 4.90 Å². The van der Waals surface area contributed by atoms with E-state index in [9.17, 15) is 18.0 Å². The van der Waals surface area contributed by atoms with E-state index in [1.165, 1.54) is 12.1 Å². The zero-order valence-corrected chi connectivity index (χ0v) is 17.1. The normalized spacial score (nSPS) is 18.8. The van der Waals surface area contributed by atoms with E-state index in [0.29, 0.717) is 23.9 Å². The van der Waals surface area contributed by atoms with Gasteiger partial charge in [-0.1, -0.05) is 0 Å². The summed E-state index contributed by atoms with van der Waals surface area (Å²) in [5.74, 6) is 0.797. The lowest BCUT2D eigenvalue weighted by Crippen LogP contribution is -2.36. The molecule has 2 saturated heterocycles. The monoisotopic (exact) mass is 419 g/mol. The predicted molar refractivity (Wildman–Crippen MR) is 109 cm³/mol. The van der Waals surface area contributed by atoms with Crippen LogP contribution in [0.3, 0.4) is 0 Å². The van der Waals surface area contributed by atoms with Crippen molar-refractivity contribution in [2.75, 3.05) is 26.2 Å². The molecular formula is C23H28F3N3O. The van der Waals surface area contributed by atoms with Crippen LogP contribution in [0, 0.1) is 5.92 Å². The lowest BCUT2D eigenvalue weighted by Gasteiger charge is -2.32. The van der Waals surface area contributed by atoms with Crippen LogP contribution < -0.4 is 0 Å². The molecule has 4 nitrogen and oxygen atoms in total. The van der Waals surface area contributed by atoms with Gasteiger partial charge in [-0.15, -0.1) is 0 Å². The first kappa shape index (κ1) is 21.0. The Bertz CT molecular complexity index is 845. The van der Waals surface area contributed by atoms with Crippen molar-refractivity contribution in [3.63, 3.8) is 0 Å². The van der Waals surface area contributed by atoms with Crippen LogP contribution in [0.1, 0.15) is 43.2 Å². The van der Waals surface area contributed by atoms with Gasteiger partial charge in [-0.3, -0.25) is 9.69 Å². The fraction of sp³-hybridized carbons (Fsp3) is 0.522. The van der Waals surface area contributed by atoms with Crippen molar-refractivity contribution in [3.8, 4) is 5.69 Å². The molecule has 30 heavy (non-hydrogen) atoms. The van der Waals surface area contributed by atoms with Gasteiger partial charge in [-0.25, -0.2) is 0 Å². The summed E-state index contributed by atoms with van der Waals surface area (Å²) in [6.07, 6.45) is 4.58. The highest BCUT2D eigenvalue weighted by atomic mass is 19.4. The van der Waals surface area contributed by atoms with Crippen LogP contribution >= 0.6 is 0 Å². The lowest BCUT2D eigenvalue weighted by molar-refractivity contribution is -0.137. The average molecular weight is 419 g/mol. The van der Waals surface area contributed by atoms with Crippen molar-refractivity contribution in [1.29, 1.82) is 0 Å². The Kier molecular flexibility index (Phi) is 6.18. The number of benzene rings is 1. The third kappa shape index (κ3) is 5.06. The first-order valence-corrected chi connectivity index (χ1v) is 10.7. The summed E-state index contributed by atoms with van der Waals surface area (Å²) in [5, 5.41) is 0. The van der Waals surface area contributed by atoms with Crippen LogP contribution in [-0.4, -0.2) is 46.5 Å². The molecule has 0 atom stereocenters. The predicted octanol–water partition coefficient (Wildman–Crippen LogP) is 4.72. The summed E-state index contributed by atoms with van der Waals surface area (Å²) in [6, 6.07) is 7.23. The van der Waals surface area contributed by atoms with E-state index in [1.54, 1.807) is 0 Å². The molecule has 1 aromatic heterocycles. The van der Waals surface area contributed by atoms with Gasteiger partial charge in [-0.05, 0) is 80.6 Å². The Hall–Kier alpha value is -2.28. The van der Waals surface area contributed by atoms with Gasteiger partial charge in [0.15, 0.2) is 0 Å². The van der Waals surface area contributed by atoms with E-state index in [0.717, 1.165) is 76.1 Å². The van der Waals surface area contributed by atoms with Gasteiger partial charge in [-0.2, -0.15) is 13.2 Å². The maximum atomic E-state index is 12.7. The van der Waals surface area contributed by atoms with Crippen molar-refractivity contribution in [1.82, 2.24) is 14.4 Å². The van der Waals surface area contributed by atoms with Crippen LogP contribution in [0.25, 0.3) is 5.69 Å². The Morgan fingerprint density at radius 1 is 0.967 bits per heavy atom. The zero-order valence-electron chi connectivity index (χ0n) is 17.1. The topological polar surface area (TPSA) is 28.5 Å². The second-order valence-electron chi connectivity index (χ2n) is 8.48. The minimum Gasteiger partial charge on any atom is -0.343 e. The lowest BCUT2D eigenvalue weighted by atomic mass is 9.93. The highest BCUT2D eigenvalue weighted by molar-refractivity contribution is 5.76. The maximum Gasteiger partial charge on any atom is 0.416 e. The summed E-state index contributed by atoms with van der Waals surface area (Å²) in [7, 11) is 0. The minimum atomic E-state index is -4.31. The number of hydrogen-bond donors (Lipinski definition) is 0. The summed E-state index contributed by atoms with van der Waals surface area (Å²) in [4.78, 5) is 16.7. The Balaban J connectivity index is 1.27. The molecular weight excluding hydrogens is 391 g/mol. The molecule has 0 aliphatic carbocycles. The Labute approximate surface area is 175 Å². The van der Waals surface area contributed by atoms with Gasteiger partial charge in [0.25, 0.3) is 0 Å². The van der Waals surface area contributed by atoms with E-state index < -0.39 is 11.7 Å². The summed E-state index contributed by atoms with van der Waals surface area (Å²) < 4.78 is 40.0. The largest absolute Gasteiger partial charge is 0.416 e. The third-order valence-electron chi connectivity index (χ3n) is 6.28. The number of carbonyl (C=O) groups is 1. The molecule has 7 heteroatoms. The molecule has 162 valence electrons. The van der Waals surface area contributed by atoms with Crippen LogP contribution in [0.2, 0.25) is 0 Å². The van der Waals surface area contributed by atoms with Gasteiger partial charge >= 0.3 is 6.18 Å². The molecule has 0 radical (unpaired) electrons. The molecule has 0 N–H and O–H groups in total. The number of alkyl halides is 3. The number of hydrogen-bond acceptors (Lipinski definition) is 2. The number of aromatic nitrogens is 1. The molecule has 2 aromatic rings. The molecule has 2 fully saturated rings. The van der Waals surface area contributed by atoms with Gasteiger partial charge in [0, 0.05) is 44.1 Å². The highest BCUT2D eigenvalue weighted by Gasteiger charge is 2.30. The van der Waals surface area contributed by atoms with Crippen molar-refractivity contribution < 1.29 is 18.0 Å². The Morgan fingerprint density at radius 2 is 1.63 bits per heavy atom. The van der Waals surface area contributed by atoms with Gasteiger partial charge in [0.05, 0.1) is 5.56 Å². The maximum absolute atomic E-state index is 12.7. The molecule has 0 spiro atoms. The van der Waals surface area contributed by atoms with Crippen molar-refractivity contribution in [2.45, 2.75) is 44.8 Å². The van der Waals surface area contributed by atoms with E-state index in [-0.39, 0.29) is 0 Å². The third-order valence-corrected chi connectivity index (χ3v) is 6.28. The van der Waals surface area contributed by atoms with Crippen LogP contribution in [0.4, 0.5) is 13.2 Å². The smallest absolute Gasteiger partial charge is 0.343 e.